The van der Waals surface area contributed by atoms with Crippen LogP contribution in [-0.2, 0) is 16.1 Å². The third-order valence-electron chi connectivity index (χ3n) is 5.57. The normalized spacial score (nSPS) is 17.9. The van der Waals surface area contributed by atoms with Gasteiger partial charge in [-0.25, -0.2) is 0 Å². The highest BCUT2D eigenvalue weighted by atomic mass is 16.7. The summed E-state index contributed by atoms with van der Waals surface area (Å²) in [4.78, 5) is 29.0. The maximum absolute atomic E-state index is 12.9. The Hall–Kier alpha value is -3.02. The molecule has 0 bridgehead atoms. The molecule has 2 aromatic rings. The molecule has 2 amide bonds. The lowest BCUT2D eigenvalue weighted by molar-refractivity contribution is -0.135. The summed E-state index contributed by atoms with van der Waals surface area (Å²) in [7, 11) is 1.78. The maximum Gasteiger partial charge on any atom is 0.231 e. The SMILES string of the molecule is Cc1cccc(N2CC(C(=O)N(C)Cc3ccc4c(c3)OCO4)CC2=O)c1C. The number of carbonyl (C=O) groups is 2. The molecule has 1 atom stereocenters. The first-order valence-corrected chi connectivity index (χ1v) is 9.44. The molecule has 1 unspecified atom stereocenters. The predicted molar refractivity (Wildman–Crippen MR) is 105 cm³/mol. The minimum atomic E-state index is -0.327. The molecule has 0 spiro atoms. The minimum Gasteiger partial charge on any atom is -0.454 e. The molecule has 0 aromatic heterocycles. The van der Waals surface area contributed by atoms with Gasteiger partial charge in [-0.15, -0.1) is 0 Å². The van der Waals surface area contributed by atoms with Crippen LogP contribution < -0.4 is 14.4 Å². The van der Waals surface area contributed by atoms with Crippen molar-refractivity contribution in [2.75, 3.05) is 25.3 Å². The first-order chi connectivity index (χ1) is 13.4. The van der Waals surface area contributed by atoms with Crippen molar-refractivity contribution in [3.05, 3.63) is 53.1 Å². The van der Waals surface area contributed by atoms with Gasteiger partial charge in [-0.1, -0.05) is 18.2 Å². The number of ether oxygens (including phenoxy) is 2. The van der Waals surface area contributed by atoms with E-state index < -0.39 is 0 Å². The molecule has 28 heavy (non-hydrogen) atoms. The Balaban J connectivity index is 1.45. The van der Waals surface area contributed by atoms with Crippen molar-refractivity contribution >= 4 is 17.5 Å². The fraction of sp³-hybridized carbons (Fsp3) is 0.364. The van der Waals surface area contributed by atoms with E-state index >= 15 is 0 Å². The lowest BCUT2D eigenvalue weighted by Crippen LogP contribution is -2.34. The minimum absolute atomic E-state index is 0.00327. The topological polar surface area (TPSA) is 59.1 Å². The number of nitrogens with zero attached hydrogens (tertiary/aromatic N) is 2. The second kappa shape index (κ2) is 7.19. The van der Waals surface area contributed by atoms with Gasteiger partial charge < -0.3 is 19.3 Å². The summed E-state index contributed by atoms with van der Waals surface area (Å²) in [5, 5.41) is 0. The number of rotatable bonds is 4. The summed E-state index contributed by atoms with van der Waals surface area (Å²) in [6.07, 6.45) is 0.248. The van der Waals surface area contributed by atoms with Gasteiger partial charge in [0.2, 0.25) is 18.6 Å². The van der Waals surface area contributed by atoms with Gasteiger partial charge in [-0.05, 0) is 48.7 Å². The Morgan fingerprint density at radius 2 is 1.96 bits per heavy atom. The van der Waals surface area contributed by atoms with E-state index in [1.807, 2.05) is 50.2 Å². The number of benzene rings is 2. The van der Waals surface area contributed by atoms with E-state index in [9.17, 15) is 9.59 Å². The smallest absolute Gasteiger partial charge is 0.231 e. The predicted octanol–water partition coefficient (Wildman–Crippen LogP) is 3.04. The van der Waals surface area contributed by atoms with Gasteiger partial charge in [-0.2, -0.15) is 0 Å². The molecule has 2 heterocycles. The average molecular weight is 380 g/mol. The molecular formula is C22H24N2O4. The van der Waals surface area contributed by atoms with E-state index in [2.05, 4.69) is 0 Å². The molecule has 146 valence electrons. The van der Waals surface area contributed by atoms with E-state index in [4.69, 9.17) is 9.47 Å². The third kappa shape index (κ3) is 3.30. The van der Waals surface area contributed by atoms with Crippen molar-refractivity contribution in [3.8, 4) is 11.5 Å². The van der Waals surface area contributed by atoms with Crippen molar-refractivity contribution in [1.82, 2.24) is 4.90 Å². The Labute approximate surface area is 164 Å². The van der Waals surface area contributed by atoms with Crippen molar-refractivity contribution < 1.29 is 19.1 Å². The lowest BCUT2D eigenvalue weighted by Gasteiger charge is -2.23. The van der Waals surface area contributed by atoms with Gasteiger partial charge in [0.1, 0.15) is 0 Å². The van der Waals surface area contributed by atoms with E-state index in [0.717, 1.165) is 28.1 Å². The Bertz CT molecular complexity index is 940. The first-order valence-electron chi connectivity index (χ1n) is 9.44. The highest BCUT2D eigenvalue weighted by Gasteiger charge is 2.37. The highest BCUT2D eigenvalue weighted by molar-refractivity contribution is 6.00. The molecule has 2 aromatic carbocycles. The highest BCUT2D eigenvalue weighted by Crippen LogP contribution is 2.33. The van der Waals surface area contributed by atoms with Crippen LogP contribution >= 0.6 is 0 Å². The van der Waals surface area contributed by atoms with Crippen LogP contribution in [0, 0.1) is 19.8 Å². The van der Waals surface area contributed by atoms with Gasteiger partial charge in [0, 0.05) is 32.2 Å². The monoisotopic (exact) mass is 380 g/mol. The van der Waals surface area contributed by atoms with Crippen molar-refractivity contribution in [1.29, 1.82) is 0 Å². The van der Waals surface area contributed by atoms with Crippen LogP contribution in [0.15, 0.2) is 36.4 Å². The van der Waals surface area contributed by atoms with Crippen molar-refractivity contribution in [2.24, 2.45) is 5.92 Å². The van der Waals surface area contributed by atoms with Crippen molar-refractivity contribution in [3.63, 3.8) is 0 Å². The van der Waals surface area contributed by atoms with Crippen LogP contribution in [0.25, 0.3) is 0 Å². The van der Waals surface area contributed by atoms with Crippen LogP contribution in [0.3, 0.4) is 0 Å². The third-order valence-corrected chi connectivity index (χ3v) is 5.57. The fourth-order valence-corrected chi connectivity index (χ4v) is 3.84. The van der Waals surface area contributed by atoms with Gasteiger partial charge in [-0.3, -0.25) is 9.59 Å². The Morgan fingerprint density at radius 1 is 1.18 bits per heavy atom. The van der Waals surface area contributed by atoms with E-state index in [-0.39, 0.29) is 30.9 Å². The molecule has 4 rings (SSSR count). The second-order valence-corrected chi connectivity index (χ2v) is 7.51. The summed E-state index contributed by atoms with van der Waals surface area (Å²) in [6.45, 7) is 5.16. The van der Waals surface area contributed by atoms with Gasteiger partial charge >= 0.3 is 0 Å². The quantitative estimate of drug-likeness (QED) is 0.818. The number of carbonyl (C=O) groups excluding carboxylic acids is 2. The molecule has 0 aliphatic carbocycles. The van der Waals surface area contributed by atoms with Crippen LogP contribution in [0.5, 0.6) is 11.5 Å². The summed E-state index contributed by atoms with van der Waals surface area (Å²) >= 11 is 0. The second-order valence-electron chi connectivity index (χ2n) is 7.51. The molecule has 6 heteroatoms. The van der Waals surface area contributed by atoms with Crippen LogP contribution in [0.4, 0.5) is 5.69 Å². The lowest BCUT2D eigenvalue weighted by atomic mass is 10.1. The summed E-state index contributed by atoms with van der Waals surface area (Å²) in [5.74, 6) is 1.09. The zero-order chi connectivity index (χ0) is 19.8. The van der Waals surface area contributed by atoms with Gasteiger partial charge in [0.05, 0.1) is 5.92 Å². The largest absolute Gasteiger partial charge is 0.454 e. The zero-order valence-electron chi connectivity index (χ0n) is 16.4. The molecule has 0 N–H and O–H groups in total. The molecule has 6 nitrogen and oxygen atoms in total. The number of anilines is 1. The van der Waals surface area contributed by atoms with Gasteiger partial charge in [0.25, 0.3) is 0 Å². The van der Waals surface area contributed by atoms with Crippen LogP contribution in [0.2, 0.25) is 0 Å². The number of hydrogen-bond donors (Lipinski definition) is 0. The molecule has 1 saturated heterocycles. The van der Waals surface area contributed by atoms with Gasteiger partial charge in [0.15, 0.2) is 11.5 Å². The standard InChI is InChI=1S/C22H24N2O4/c1-14-5-4-6-18(15(14)2)24-12-17(10-21(24)25)22(26)23(3)11-16-7-8-19-20(9-16)28-13-27-19/h4-9,17H,10-13H2,1-3H3. The first kappa shape index (κ1) is 18.3. The number of aryl methyl sites for hydroxylation is 1. The Kier molecular flexibility index (Phi) is 4.71. The van der Waals surface area contributed by atoms with Crippen LogP contribution in [0.1, 0.15) is 23.1 Å². The van der Waals surface area contributed by atoms with E-state index in [0.29, 0.717) is 18.8 Å². The molecular weight excluding hydrogens is 356 g/mol. The molecule has 1 fully saturated rings. The van der Waals surface area contributed by atoms with E-state index in [1.54, 1.807) is 16.8 Å². The fourth-order valence-electron chi connectivity index (χ4n) is 3.84. The number of amides is 2. The van der Waals surface area contributed by atoms with Crippen LogP contribution in [-0.4, -0.2) is 37.1 Å². The Morgan fingerprint density at radius 3 is 2.79 bits per heavy atom. The molecule has 2 aliphatic heterocycles. The van der Waals surface area contributed by atoms with E-state index in [1.165, 1.54) is 0 Å². The summed E-state index contributed by atoms with van der Waals surface area (Å²) < 4.78 is 10.7. The molecule has 0 saturated carbocycles. The molecule has 2 aliphatic rings. The zero-order valence-corrected chi connectivity index (χ0v) is 16.4. The summed E-state index contributed by atoms with van der Waals surface area (Å²) in [6, 6.07) is 11.6. The maximum atomic E-state index is 12.9. The number of fused-ring (bicyclic) bond motifs is 1. The van der Waals surface area contributed by atoms with Crippen molar-refractivity contribution in [2.45, 2.75) is 26.8 Å². The number of hydrogen-bond acceptors (Lipinski definition) is 4. The average Bonchev–Trinajstić information content (AvgIpc) is 3.29. The molecule has 0 radical (unpaired) electrons. The summed E-state index contributed by atoms with van der Waals surface area (Å²) in [5.41, 5.74) is 4.09.